The molecule has 5 heterocycles. The molecule has 1 atom stereocenters. The molecule has 2 N–H and O–H groups in total. The number of benzene rings is 3. The highest BCUT2D eigenvalue weighted by atomic mass is 19.1. The molecule has 3 saturated heterocycles. The van der Waals surface area contributed by atoms with Gasteiger partial charge < -0.3 is 19.4 Å². The quantitative estimate of drug-likeness (QED) is 0.234. The zero-order valence-electron chi connectivity index (χ0n) is 31.4. The molecular weight excluding hydrogens is 698 g/mol. The highest BCUT2D eigenvalue weighted by molar-refractivity contribution is 6.05. The normalized spacial score (nSPS) is 21.3. The number of fused-ring (bicyclic) bond motifs is 4. The largest absolute Gasteiger partial charge is 0.380 e. The molecule has 1 aliphatic carbocycles. The third kappa shape index (κ3) is 6.80. The predicted octanol–water partition coefficient (Wildman–Crippen LogP) is 5.29. The number of aromatic amines is 1. The number of H-pyrrole nitrogens is 1. The lowest BCUT2D eigenvalue weighted by Gasteiger charge is -2.40. The van der Waals surface area contributed by atoms with E-state index in [0.717, 1.165) is 117 Å². The monoisotopic (exact) mass is 745 g/mol. The lowest BCUT2D eigenvalue weighted by molar-refractivity contribution is -0.136. The molecule has 3 aromatic carbocycles. The Labute approximate surface area is 320 Å². The third-order valence-electron chi connectivity index (χ3n) is 12.5. The van der Waals surface area contributed by atoms with Gasteiger partial charge in [-0.1, -0.05) is 18.2 Å². The van der Waals surface area contributed by atoms with Crippen molar-refractivity contribution in [3.63, 3.8) is 0 Å². The van der Waals surface area contributed by atoms with Crippen molar-refractivity contribution in [2.45, 2.75) is 57.5 Å². The Balaban J connectivity index is 0.793. The van der Waals surface area contributed by atoms with Crippen molar-refractivity contribution in [3.05, 3.63) is 93.9 Å². The van der Waals surface area contributed by atoms with Crippen LogP contribution in [0.2, 0.25) is 0 Å². The van der Waals surface area contributed by atoms with Crippen LogP contribution in [0, 0.1) is 11.9 Å². The van der Waals surface area contributed by atoms with E-state index in [4.69, 9.17) is 4.74 Å². The van der Waals surface area contributed by atoms with Crippen molar-refractivity contribution in [2.75, 3.05) is 69.3 Å². The zero-order chi connectivity index (χ0) is 37.6. The van der Waals surface area contributed by atoms with Crippen LogP contribution < -0.4 is 15.1 Å². The Morgan fingerprint density at radius 2 is 1.58 bits per heavy atom. The molecule has 0 bridgehead atoms. The summed E-state index contributed by atoms with van der Waals surface area (Å²) in [6.07, 6.45) is 5.60. The Kier molecular flexibility index (Phi) is 9.63. The molecular formula is C43H48FN7O4. The van der Waals surface area contributed by atoms with E-state index in [-0.39, 0.29) is 24.1 Å². The number of carbonyl (C=O) groups excluding carboxylic acids is 3. The van der Waals surface area contributed by atoms with Crippen molar-refractivity contribution in [1.82, 2.24) is 25.3 Å². The Bertz CT molecular complexity index is 2170. The van der Waals surface area contributed by atoms with E-state index in [1.807, 2.05) is 18.2 Å². The highest BCUT2D eigenvalue weighted by Crippen LogP contribution is 2.39. The first-order valence-electron chi connectivity index (χ1n) is 19.8. The number of hydrogen-bond acceptors (Lipinski definition) is 8. The molecule has 1 aromatic heterocycles. The van der Waals surface area contributed by atoms with Gasteiger partial charge in [0.1, 0.15) is 6.04 Å². The molecule has 0 spiro atoms. The number of imide groups is 1. The Hall–Kier alpha value is -5.07. The van der Waals surface area contributed by atoms with E-state index in [1.54, 1.807) is 12.0 Å². The topological polar surface area (TPSA) is 114 Å². The molecule has 5 aliphatic rings. The number of aromatic nitrogens is 2. The molecule has 0 saturated carbocycles. The minimum absolute atomic E-state index is 0.130. The summed E-state index contributed by atoms with van der Waals surface area (Å²) in [6, 6.07) is 18.5. The molecule has 286 valence electrons. The smallest absolute Gasteiger partial charge is 0.255 e. The van der Waals surface area contributed by atoms with Crippen LogP contribution in [0.1, 0.15) is 71.1 Å². The number of nitrogens with one attached hydrogen (secondary N) is 2. The van der Waals surface area contributed by atoms with Gasteiger partial charge in [-0.25, -0.2) is 0 Å². The van der Waals surface area contributed by atoms with Gasteiger partial charge in [-0.2, -0.15) is 4.39 Å². The number of halogens is 1. The van der Waals surface area contributed by atoms with Crippen molar-refractivity contribution < 1.29 is 23.5 Å². The van der Waals surface area contributed by atoms with Gasteiger partial charge in [0.2, 0.25) is 17.8 Å². The number of piperazine rings is 1. The maximum absolute atomic E-state index is 14.8. The summed E-state index contributed by atoms with van der Waals surface area (Å²) in [6.45, 7) is 8.00. The first-order valence-corrected chi connectivity index (χ1v) is 19.8. The molecule has 3 amide bonds. The summed E-state index contributed by atoms with van der Waals surface area (Å²) in [7, 11) is 1.74. The number of aryl methyl sites for hydroxylation is 1. The summed E-state index contributed by atoms with van der Waals surface area (Å²) in [4.78, 5) is 46.4. The van der Waals surface area contributed by atoms with Gasteiger partial charge in [-0.3, -0.25) is 29.7 Å². The van der Waals surface area contributed by atoms with Crippen LogP contribution in [0.3, 0.4) is 0 Å². The second kappa shape index (κ2) is 14.9. The van der Waals surface area contributed by atoms with Crippen LogP contribution in [0.25, 0.3) is 16.5 Å². The van der Waals surface area contributed by atoms with Crippen LogP contribution in [0.5, 0.6) is 0 Å². The maximum Gasteiger partial charge on any atom is 0.255 e. The van der Waals surface area contributed by atoms with E-state index in [0.29, 0.717) is 36.4 Å². The second-order valence-electron chi connectivity index (χ2n) is 15.8. The van der Waals surface area contributed by atoms with Crippen LogP contribution in [0.4, 0.5) is 15.8 Å². The summed E-state index contributed by atoms with van der Waals surface area (Å²) in [5.74, 6) is -0.548. The molecule has 0 unspecified atom stereocenters. The fourth-order valence-electron chi connectivity index (χ4n) is 9.63. The summed E-state index contributed by atoms with van der Waals surface area (Å²) in [5, 5.41) is 9.70. The molecule has 9 rings (SSSR count). The number of anilines is 2. The van der Waals surface area contributed by atoms with Crippen molar-refractivity contribution in [2.24, 2.45) is 5.92 Å². The summed E-state index contributed by atoms with van der Waals surface area (Å²) in [5.41, 5.74) is 10.4. The Morgan fingerprint density at radius 1 is 0.836 bits per heavy atom. The standard InChI is InChI=1S/C43H48FN7O4/c1-55-26-29-3-2-4-34-35(11-12-36-40(34)41(44)47-46-36)39(29)28-5-7-31(8-6-28)49-17-15-27(16-18-49)24-48-19-21-50(22-20-48)32-9-10-33-30(23-32)25-51(43(33)54)37-13-14-38(52)45-42(37)53/h5-12,23,27,37H,2-4,13-22,24-26H2,1H3,(H,46,47)(H,45,52,53)/t37-/m0/s1. The van der Waals surface area contributed by atoms with E-state index in [9.17, 15) is 18.8 Å². The number of amides is 3. The number of ether oxygens (including phenoxy) is 1. The third-order valence-corrected chi connectivity index (χ3v) is 12.5. The lowest BCUT2D eigenvalue weighted by Crippen LogP contribution is -2.52. The lowest BCUT2D eigenvalue weighted by atomic mass is 9.89. The second-order valence-corrected chi connectivity index (χ2v) is 15.8. The molecule has 4 aliphatic heterocycles. The first kappa shape index (κ1) is 35.6. The van der Waals surface area contributed by atoms with E-state index >= 15 is 0 Å². The van der Waals surface area contributed by atoms with Crippen LogP contribution >= 0.6 is 0 Å². The van der Waals surface area contributed by atoms with Gasteiger partial charge >= 0.3 is 0 Å². The number of carbonyl (C=O) groups is 3. The number of piperidine rings is 2. The number of nitrogens with zero attached hydrogens (tertiary/aromatic N) is 5. The SMILES string of the molecule is COCC1=C(c2ccc(N3CCC(CN4CCN(c5ccc6c(c5)CN([C@H]5CCC(=O)NC5=O)C6=O)CC4)CC3)cc2)c2ccc3[nH]nc(F)c3c2CCC1. The number of methoxy groups -OCH3 is 1. The summed E-state index contributed by atoms with van der Waals surface area (Å²) >= 11 is 0. The van der Waals surface area contributed by atoms with Crippen molar-refractivity contribution in [1.29, 1.82) is 0 Å². The predicted molar refractivity (Wildman–Crippen MR) is 209 cm³/mol. The van der Waals surface area contributed by atoms with Gasteiger partial charge in [-0.15, -0.1) is 5.10 Å². The molecule has 3 fully saturated rings. The molecule has 0 radical (unpaired) electrons. The Morgan fingerprint density at radius 3 is 2.35 bits per heavy atom. The zero-order valence-corrected chi connectivity index (χ0v) is 31.4. The van der Waals surface area contributed by atoms with Gasteiger partial charge in [-0.05, 0) is 114 Å². The molecule has 12 heteroatoms. The average molecular weight is 746 g/mol. The van der Waals surface area contributed by atoms with E-state index in [2.05, 4.69) is 66.6 Å². The minimum Gasteiger partial charge on any atom is -0.380 e. The van der Waals surface area contributed by atoms with Gasteiger partial charge in [0, 0.05) is 82.8 Å². The van der Waals surface area contributed by atoms with Gasteiger partial charge in [0.15, 0.2) is 0 Å². The van der Waals surface area contributed by atoms with Crippen LogP contribution in [0.15, 0.2) is 60.2 Å². The maximum atomic E-state index is 14.8. The summed E-state index contributed by atoms with van der Waals surface area (Å²) < 4.78 is 20.5. The fourth-order valence-corrected chi connectivity index (χ4v) is 9.63. The minimum atomic E-state index is -0.594. The van der Waals surface area contributed by atoms with Crippen molar-refractivity contribution in [3.8, 4) is 0 Å². The average Bonchev–Trinajstić information content (AvgIpc) is 3.68. The number of rotatable bonds is 8. The molecule has 55 heavy (non-hydrogen) atoms. The first-order chi connectivity index (χ1) is 26.8. The van der Waals surface area contributed by atoms with Gasteiger partial charge in [0.25, 0.3) is 5.91 Å². The highest BCUT2D eigenvalue weighted by Gasteiger charge is 2.39. The fraction of sp³-hybridized carbons (Fsp3) is 0.442. The molecule has 11 nitrogen and oxygen atoms in total. The van der Waals surface area contributed by atoms with E-state index < -0.39 is 12.0 Å². The van der Waals surface area contributed by atoms with Crippen LogP contribution in [-0.2, 0) is 27.3 Å². The van der Waals surface area contributed by atoms with E-state index in [1.165, 1.54) is 11.3 Å². The van der Waals surface area contributed by atoms with Gasteiger partial charge in [0.05, 0.1) is 17.5 Å². The molecule has 4 aromatic rings. The van der Waals surface area contributed by atoms with Crippen LogP contribution in [-0.4, -0.2) is 103 Å². The number of hydrogen-bond donors (Lipinski definition) is 2. The van der Waals surface area contributed by atoms with Crippen molar-refractivity contribution >= 4 is 45.6 Å².